The van der Waals surface area contributed by atoms with Crippen molar-refractivity contribution in [2.45, 2.75) is 38.3 Å². The fourth-order valence-electron chi connectivity index (χ4n) is 3.96. The molecule has 0 amide bonds. The topological polar surface area (TPSA) is 65.9 Å². The van der Waals surface area contributed by atoms with Crippen LogP contribution in [0.15, 0.2) is 47.7 Å². The number of ether oxygens (including phenoxy) is 1. The van der Waals surface area contributed by atoms with Crippen molar-refractivity contribution in [2.24, 2.45) is 4.99 Å². The molecule has 4 rings (SSSR count). The summed E-state index contributed by atoms with van der Waals surface area (Å²) in [6.07, 6.45) is 8.91. The Labute approximate surface area is 172 Å². The van der Waals surface area contributed by atoms with Crippen LogP contribution in [-0.2, 0) is 6.54 Å². The summed E-state index contributed by atoms with van der Waals surface area (Å²) in [6.45, 7) is 4.41. The Morgan fingerprint density at radius 3 is 2.59 bits per heavy atom. The molecule has 1 saturated carbocycles. The van der Waals surface area contributed by atoms with Crippen molar-refractivity contribution in [2.75, 3.05) is 38.1 Å². The molecule has 3 heterocycles. The Bertz CT molecular complexity index is 781. The third-order valence-electron chi connectivity index (χ3n) is 5.60. The molecular weight excluding hydrogens is 364 g/mol. The van der Waals surface area contributed by atoms with Crippen molar-refractivity contribution < 1.29 is 4.74 Å². The van der Waals surface area contributed by atoms with Crippen LogP contribution in [0.3, 0.4) is 0 Å². The number of aromatic nitrogens is 2. The van der Waals surface area contributed by atoms with Crippen molar-refractivity contribution in [1.29, 1.82) is 0 Å². The number of guanidine groups is 1. The number of aliphatic imine (C=N–C) groups is 1. The minimum Gasteiger partial charge on any atom is -0.474 e. The van der Waals surface area contributed by atoms with Gasteiger partial charge in [-0.15, -0.1) is 0 Å². The number of piperazine rings is 1. The summed E-state index contributed by atoms with van der Waals surface area (Å²) in [4.78, 5) is 18.0. The standard InChI is InChI=1S/C22H30N6O/c1-23-22(28-14-12-27(13-15-28)20-8-4-5-11-24-20)26-17-18-9-10-21(25-16-18)29-19-6-2-3-7-19/h4-5,8-11,16,19H,2-3,6-7,12-15,17H2,1H3,(H,23,26). The van der Waals surface area contributed by atoms with E-state index in [0.717, 1.165) is 62.2 Å². The lowest BCUT2D eigenvalue weighted by Crippen LogP contribution is -2.52. The second-order valence-electron chi connectivity index (χ2n) is 7.59. The monoisotopic (exact) mass is 394 g/mol. The van der Waals surface area contributed by atoms with Gasteiger partial charge in [-0.25, -0.2) is 9.97 Å². The van der Waals surface area contributed by atoms with E-state index in [1.54, 1.807) is 0 Å². The Balaban J connectivity index is 1.25. The van der Waals surface area contributed by atoms with Gasteiger partial charge in [-0.3, -0.25) is 4.99 Å². The molecule has 154 valence electrons. The van der Waals surface area contributed by atoms with Gasteiger partial charge >= 0.3 is 0 Å². The molecule has 2 aromatic rings. The fraction of sp³-hybridized carbons (Fsp3) is 0.500. The number of rotatable bonds is 5. The zero-order valence-corrected chi connectivity index (χ0v) is 17.1. The molecule has 1 N–H and O–H groups in total. The highest BCUT2D eigenvalue weighted by molar-refractivity contribution is 5.80. The van der Waals surface area contributed by atoms with E-state index in [9.17, 15) is 0 Å². The van der Waals surface area contributed by atoms with Gasteiger partial charge in [-0.2, -0.15) is 0 Å². The molecule has 1 saturated heterocycles. The van der Waals surface area contributed by atoms with Gasteiger partial charge in [0.2, 0.25) is 5.88 Å². The molecule has 2 aliphatic rings. The molecule has 29 heavy (non-hydrogen) atoms. The molecule has 2 aromatic heterocycles. The molecule has 1 aliphatic heterocycles. The second-order valence-corrected chi connectivity index (χ2v) is 7.59. The summed E-state index contributed by atoms with van der Waals surface area (Å²) >= 11 is 0. The van der Waals surface area contributed by atoms with Crippen LogP contribution in [0.4, 0.5) is 5.82 Å². The minimum atomic E-state index is 0.343. The first-order valence-corrected chi connectivity index (χ1v) is 10.5. The highest BCUT2D eigenvalue weighted by Crippen LogP contribution is 2.22. The highest BCUT2D eigenvalue weighted by Gasteiger charge is 2.20. The molecule has 0 spiro atoms. The predicted molar refractivity (Wildman–Crippen MR) is 115 cm³/mol. The normalized spacial score (nSPS) is 18.2. The van der Waals surface area contributed by atoms with Crippen LogP contribution in [0.1, 0.15) is 31.2 Å². The first-order chi connectivity index (χ1) is 14.3. The molecular formula is C22H30N6O. The van der Waals surface area contributed by atoms with Gasteiger partial charge in [0, 0.05) is 58.2 Å². The molecule has 7 nitrogen and oxygen atoms in total. The Morgan fingerprint density at radius 1 is 1.10 bits per heavy atom. The average molecular weight is 395 g/mol. The van der Waals surface area contributed by atoms with Gasteiger partial charge in [-0.1, -0.05) is 12.1 Å². The number of hydrogen-bond acceptors (Lipinski definition) is 5. The van der Waals surface area contributed by atoms with Gasteiger partial charge < -0.3 is 19.9 Å². The van der Waals surface area contributed by atoms with Crippen LogP contribution in [0.2, 0.25) is 0 Å². The zero-order chi connectivity index (χ0) is 19.9. The fourth-order valence-corrected chi connectivity index (χ4v) is 3.96. The first kappa shape index (κ1) is 19.5. The van der Waals surface area contributed by atoms with Crippen LogP contribution >= 0.6 is 0 Å². The smallest absolute Gasteiger partial charge is 0.213 e. The van der Waals surface area contributed by atoms with E-state index in [2.05, 4.69) is 42.2 Å². The van der Waals surface area contributed by atoms with Crippen molar-refractivity contribution in [3.05, 3.63) is 48.3 Å². The van der Waals surface area contributed by atoms with Crippen molar-refractivity contribution in [3.63, 3.8) is 0 Å². The second kappa shape index (κ2) is 9.58. The first-order valence-electron chi connectivity index (χ1n) is 10.5. The third kappa shape index (κ3) is 5.16. The molecule has 0 unspecified atom stereocenters. The van der Waals surface area contributed by atoms with E-state index in [4.69, 9.17) is 4.74 Å². The molecule has 1 aliphatic carbocycles. The summed E-state index contributed by atoms with van der Waals surface area (Å²) in [5.74, 6) is 2.70. The van der Waals surface area contributed by atoms with Crippen molar-refractivity contribution in [1.82, 2.24) is 20.2 Å². The molecule has 0 aromatic carbocycles. The Hall–Kier alpha value is -2.83. The van der Waals surface area contributed by atoms with Gasteiger partial charge in [0.25, 0.3) is 0 Å². The van der Waals surface area contributed by atoms with E-state index >= 15 is 0 Å². The lowest BCUT2D eigenvalue weighted by atomic mass is 10.2. The summed E-state index contributed by atoms with van der Waals surface area (Å²) in [5.41, 5.74) is 1.12. The van der Waals surface area contributed by atoms with Crippen LogP contribution in [0.5, 0.6) is 5.88 Å². The molecule has 0 atom stereocenters. The average Bonchev–Trinajstić information content (AvgIpc) is 3.29. The number of nitrogens with one attached hydrogen (secondary N) is 1. The van der Waals surface area contributed by atoms with Gasteiger partial charge in [0.15, 0.2) is 5.96 Å². The number of pyridine rings is 2. The Kier molecular flexibility index (Phi) is 6.44. The van der Waals surface area contributed by atoms with E-state index < -0.39 is 0 Å². The maximum atomic E-state index is 5.95. The largest absolute Gasteiger partial charge is 0.474 e. The lowest BCUT2D eigenvalue weighted by molar-refractivity contribution is 0.201. The molecule has 0 bridgehead atoms. The minimum absolute atomic E-state index is 0.343. The number of hydrogen-bond donors (Lipinski definition) is 1. The van der Waals surface area contributed by atoms with Crippen LogP contribution in [0.25, 0.3) is 0 Å². The van der Waals surface area contributed by atoms with E-state index in [1.807, 2.05) is 37.6 Å². The van der Waals surface area contributed by atoms with Gasteiger partial charge in [0.1, 0.15) is 11.9 Å². The quantitative estimate of drug-likeness (QED) is 0.621. The Morgan fingerprint density at radius 2 is 1.93 bits per heavy atom. The van der Waals surface area contributed by atoms with Crippen molar-refractivity contribution in [3.8, 4) is 5.88 Å². The molecule has 0 radical (unpaired) electrons. The summed E-state index contributed by atoms with van der Waals surface area (Å²) in [6, 6.07) is 10.1. The number of nitrogens with zero attached hydrogens (tertiary/aromatic N) is 5. The van der Waals surface area contributed by atoms with E-state index in [-0.39, 0.29) is 0 Å². The van der Waals surface area contributed by atoms with E-state index in [1.165, 1.54) is 12.8 Å². The summed E-state index contributed by atoms with van der Waals surface area (Å²) < 4.78 is 5.95. The predicted octanol–water partition coefficient (Wildman–Crippen LogP) is 2.70. The molecule has 2 fully saturated rings. The van der Waals surface area contributed by atoms with Crippen molar-refractivity contribution >= 4 is 11.8 Å². The summed E-state index contributed by atoms with van der Waals surface area (Å²) in [7, 11) is 1.84. The van der Waals surface area contributed by atoms with E-state index in [0.29, 0.717) is 12.6 Å². The SMILES string of the molecule is CN=C(NCc1ccc(OC2CCCC2)nc1)N1CCN(c2ccccn2)CC1. The lowest BCUT2D eigenvalue weighted by Gasteiger charge is -2.37. The van der Waals surface area contributed by atoms with Crippen LogP contribution in [0, 0.1) is 0 Å². The number of anilines is 1. The van der Waals surface area contributed by atoms with Crippen LogP contribution in [-0.4, -0.2) is 60.2 Å². The van der Waals surface area contributed by atoms with Gasteiger partial charge in [-0.05, 0) is 43.4 Å². The molecule has 7 heteroatoms. The summed E-state index contributed by atoms with van der Waals surface area (Å²) in [5, 5.41) is 3.46. The highest BCUT2D eigenvalue weighted by atomic mass is 16.5. The maximum Gasteiger partial charge on any atom is 0.213 e. The maximum absolute atomic E-state index is 5.95. The van der Waals surface area contributed by atoms with Gasteiger partial charge in [0.05, 0.1) is 0 Å². The third-order valence-corrected chi connectivity index (χ3v) is 5.60. The zero-order valence-electron chi connectivity index (χ0n) is 17.1. The van der Waals surface area contributed by atoms with Crippen LogP contribution < -0.4 is 15.0 Å².